The highest BCUT2D eigenvalue weighted by molar-refractivity contribution is 5.26. The van der Waals surface area contributed by atoms with Crippen LogP contribution in [-0.2, 0) is 0 Å². The van der Waals surface area contributed by atoms with Crippen LogP contribution in [0.1, 0.15) is 33.6 Å². The van der Waals surface area contributed by atoms with Crippen LogP contribution in [0.25, 0.3) is 0 Å². The zero-order chi connectivity index (χ0) is 7.35. The maximum Gasteiger partial charge on any atom is -0.0114 e. The number of hydrogen-bond acceptors (Lipinski definition) is 0. The highest BCUT2D eigenvalue weighted by atomic mass is 14.6. The normalized spacial score (nSPS) is 45.7. The van der Waals surface area contributed by atoms with E-state index in [9.17, 15) is 0 Å². The van der Waals surface area contributed by atoms with Crippen LogP contribution in [0, 0.1) is 17.3 Å². The van der Waals surface area contributed by atoms with E-state index in [4.69, 9.17) is 0 Å². The van der Waals surface area contributed by atoms with Gasteiger partial charge < -0.3 is 0 Å². The van der Waals surface area contributed by atoms with E-state index < -0.39 is 0 Å². The second-order valence-corrected chi connectivity index (χ2v) is 4.34. The van der Waals surface area contributed by atoms with Gasteiger partial charge in [0.15, 0.2) is 0 Å². The molecule has 0 saturated heterocycles. The molecule has 0 heterocycles. The molecular formula is C10H16. The minimum Gasteiger partial charge on any atom is -0.0879 e. The topological polar surface area (TPSA) is 0 Å². The number of rotatable bonds is 0. The lowest BCUT2D eigenvalue weighted by Crippen LogP contribution is -2.12. The van der Waals surface area contributed by atoms with Crippen molar-refractivity contribution in [3.05, 3.63) is 11.6 Å². The molecule has 2 saturated carbocycles. The zero-order valence-corrected chi connectivity index (χ0v) is 7.15. The number of hydrogen-bond donors (Lipinski definition) is 0. The van der Waals surface area contributed by atoms with Crippen LogP contribution in [0.4, 0.5) is 0 Å². The molecule has 0 heteroatoms. The van der Waals surface area contributed by atoms with E-state index in [0.717, 1.165) is 11.8 Å². The first-order chi connectivity index (χ1) is 4.66. The molecule has 2 fully saturated rings. The quantitative estimate of drug-likeness (QED) is 0.449. The first-order valence-corrected chi connectivity index (χ1v) is 4.32. The smallest absolute Gasteiger partial charge is 0.0114 e. The number of fused-ring (bicyclic) bond motifs is 1. The summed E-state index contributed by atoms with van der Waals surface area (Å²) in [6.07, 6.45) is 5.23. The Bertz CT molecular complexity index is 186. The molecule has 2 unspecified atom stereocenters. The van der Waals surface area contributed by atoms with Gasteiger partial charge in [0.05, 0.1) is 0 Å². The van der Waals surface area contributed by atoms with Crippen molar-refractivity contribution in [1.29, 1.82) is 0 Å². The Labute approximate surface area is 63.3 Å². The molecule has 0 nitrogen and oxygen atoms in total. The van der Waals surface area contributed by atoms with Crippen molar-refractivity contribution in [1.82, 2.24) is 0 Å². The fourth-order valence-electron chi connectivity index (χ4n) is 2.63. The van der Waals surface area contributed by atoms with E-state index in [1.54, 1.807) is 5.57 Å². The molecule has 0 aromatic heterocycles. The van der Waals surface area contributed by atoms with E-state index in [1.165, 1.54) is 12.8 Å². The summed E-state index contributed by atoms with van der Waals surface area (Å²) >= 11 is 0. The van der Waals surface area contributed by atoms with E-state index in [2.05, 4.69) is 26.8 Å². The molecule has 0 aromatic rings. The van der Waals surface area contributed by atoms with Crippen LogP contribution in [0.3, 0.4) is 0 Å². The molecule has 2 rings (SSSR count). The van der Waals surface area contributed by atoms with Crippen molar-refractivity contribution in [2.24, 2.45) is 17.3 Å². The van der Waals surface area contributed by atoms with Gasteiger partial charge >= 0.3 is 0 Å². The first-order valence-electron chi connectivity index (χ1n) is 4.32. The third-order valence-electron chi connectivity index (χ3n) is 3.51. The maximum absolute atomic E-state index is 2.40. The van der Waals surface area contributed by atoms with Gasteiger partial charge in [-0.1, -0.05) is 25.5 Å². The number of allylic oxidation sites excluding steroid dienone is 2. The van der Waals surface area contributed by atoms with Gasteiger partial charge in [0, 0.05) is 0 Å². The Kier molecular flexibility index (Phi) is 1.07. The highest BCUT2D eigenvalue weighted by Gasteiger charge is 2.54. The van der Waals surface area contributed by atoms with Gasteiger partial charge in [-0.3, -0.25) is 0 Å². The molecule has 2 aliphatic carbocycles. The van der Waals surface area contributed by atoms with E-state index in [-0.39, 0.29) is 0 Å². The lowest BCUT2D eigenvalue weighted by Gasteiger charge is -2.22. The summed E-state index contributed by atoms with van der Waals surface area (Å²) in [5.74, 6) is 2.11. The Morgan fingerprint density at radius 1 is 1.50 bits per heavy atom. The highest BCUT2D eigenvalue weighted by Crippen LogP contribution is 2.64. The molecule has 0 spiro atoms. The summed E-state index contributed by atoms with van der Waals surface area (Å²) in [5, 5.41) is 0. The molecule has 0 bridgehead atoms. The van der Waals surface area contributed by atoms with E-state index in [0.29, 0.717) is 5.41 Å². The van der Waals surface area contributed by atoms with Crippen LogP contribution in [0.15, 0.2) is 11.6 Å². The zero-order valence-electron chi connectivity index (χ0n) is 7.15. The Hall–Kier alpha value is -0.260. The fraction of sp³-hybridized carbons (Fsp3) is 0.800. The van der Waals surface area contributed by atoms with E-state index in [1.807, 2.05) is 0 Å². The van der Waals surface area contributed by atoms with Gasteiger partial charge in [0.2, 0.25) is 0 Å². The van der Waals surface area contributed by atoms with Crippen molar-refractivity contribution in [3.8, 4) is 0 Å². The van der Waals surface area contributed by atoms with Crippen molar-refractivity contribution >= 4 is 0 Å². The fourth-order valence-corrected chi connectivity index (χ4v) is 2.63. The molecule has 2 aliphatic rings. The monoisotopic (exact) mass is 136 g/mol. The van der Waals surface area contributed by atoms with Gasteiger partial charge in [-0.25, -0.2) is 0 Å². The summed E-state index contributed by atoms with van der Waals surface area (Å²) in [5.41, 5.74) is 2.26. The van der Waals surface area contributed by atoms with Crippen LogP contribution < -0.4 is 0 Å². The summed E-state index contributed by atoms with van der Waals surface area (Å²) in [7, 11) is 0. The predicted molar refractivity (Wildman–Crippen MR) is 43.8 cm³/mol. The van der Waals surface area contributed by atoms with Crippen molar-refractivity contribution in [3.63, 3.8) is 0 Å². The van der Waals surface area contributed by atoms with Crippen molar-refractivity contribution < 1.29 is 0 Å². The predicted octanol–water partition coefficient (Wildman–Crippen LogP) is 3.00. The van der Waals surface area contributed by atoms with Gasteiger partial charge in [0.25, 0.3) is 0 Å². The third kappa shape index (κ3) is 0.624. The molecule has 0 radical (unpaired) electrons. The van der Waals surface area contributed by atoms with E-state index >= 15 is 0 Å². The summed E-state index contributed by atoms with van der Waals surface area (Å²) in [6, 6.07) is 0. The SMILES string of the molecule is C/C=C1\CC2CC2C1(C)C. The molecule has 0 aromatic carbocycles. The summed E-state index contributed by atoms with van der Waals surface area (Å²) in [6.45, 7) is 6.99. The van der Waals surface area contributed by atoms with Gasteiger partial charge in [0.1, 0.15) is 0 Å². The van der Waals surface area contributed by atoms with Crippen LogP contribution in [0.5, 0.6) is 0 Å². The molecule has 0 aliphatic heterocycles. The van der Waals surface area contributed by atoms with Crippen molar-refractivity contribution in [2.75, 3.05) is 0 Å². The third-order valence-corrected chi connectivity index (χ3v) is 3.51. The summed E-state index contributed by atoms with van der Waals surface area (Å²) in [4.78, 5) is 0. The van der Waals surface area contributed by atoms with Crippen LogP contribution >= 0.6 is 0 Å². The molecule has 0 amide bonds. The molecule has 2 atom stereocenters. The molecule has 0 N–H and O–H groups in total. The van der Waals surface area contributed by atoms with Crippen molar-refractivity contribution in [2.45, 2.75) is 33.6 Å². The summed E-state index contributed by atoms with van der Waals surface area (Å²) < 4.78 is 0. The molecular weight excluding hydrogens is 120 g/mol. The van der Waals surface area contributed by atoms with Gasteiger partial charge in [-0.15, -0.1) is 0 Å². The average Bonchev–Trinajstić information content (AvgIpc) is 2.57. The Morgan fingerprint density at radius 3 is 2.50 bits per heavy atom. The van der Waals surface area contributed by atoms with Crippen LogP contribution in [0.2, 0.25) is 0 Å². The minimum atomic E-state index is 0.555. The first kappa shape index (κ1) is 6.45. The minimum absolute atomic E-state index is 0.555. The Balaban J connectivity index is 2.29. The van der Waals surface area contributed by atoms with Crippen LogP contribution in [-0.4, -0.2) is 0 Å². The van der Waals surface area contributed by atoms with Gasteiger partial charge in [-0.2, -0.15) is 0 Å². The van der Waals surface area contributed by atoms with Gasteiger partial charge in [-0.05, 0) is 37.0 Å². The standard InChI is InChI=1S/C10H16/c1-4-8-5-7-6-9(7)10(8,2)3/h4,7,9H,5-6H2,1-3H3/b8-4+. The molecule has 10 heavy (non-hydrogen) atoms. The Morgan fingerprint density at radius 2 is 2.20 bits per heavy atom. The lowest BCUT2D eigenvalue weighted by atomic mass is 9.83. The maximum atomic E-state index is 2.40. The average molecular weight is 136 g/mol. The second-order valence-electron chi connectivity index (χ2n) is 4.34. The second kappa shape index (κ2) is 1.66. The molecule has 56 valence electrons. The largest absolute Gasteiger partial charge is 0.0879 e. The lowest BCUT2D eigenvalue weighted by molar-refractivity contribution is 0.404.